The van der Waals surface area contributed by atoms with Crippen LogP contribution in [0.3, 0.4) is 0 Å². The summed E-state index contributed by atoms with van der Waals surface area (Å²) in [6.07, 6.45) is 4.00. The van der Waals surface area contributed by atoms with E-state index in [-0.39, 0.29) is 5.69 Å². The van der Waals surface area contributed by atoms with Gasteiger partial charge in [-0.05, 0) is 18.2 Å². The summed E-state index contributed by atoms with van der Waals surface area (Å²) in [6, 6.07) is 6.92. The van der Waals surface area contributed by atoms with Gasteiger partial charge in [0.15, 0.2) is 5.69 Å². The Balaban J connectivity index is 2.46. The van der Waals surface area contributed by atoms with E-state index in [4.69, 9.17) is 0 Å². The summed E-state index contributed by atoms with van der Waals surface area (Å²) in [5, 5.41) is 6.60. The van der Waals surface area contributed by atoms with Gasteiger partial charge in [0, 0.05) is 31.6 Å². The van der Waals surface area contributed by atoms with Crippen molar-refractivity contribution in [3.8, 4) is 5.69 Å². The number of benzene rings is 1. The lowest BCUT2D eigenvalue weighted by atomic mass is 10.2. The maximum absolute atomic E-state index is 13.2. The van der Waals surface area contributed by atoms with Crippen LogP contribution in [0, 0.1) is 5.82 Å². The minimum Gasteiger partial charge on any atom is -0.394 e. The summed E-state index contributed by atoms with van der Waals surface area (Å²) in [4.78, 5) is 23.4. The van der Waals surface area contributed by atoms with Crippen LogP contribution >= 0.6 is 0 Å². The Bertz CT molecular complexity index is 722. The first kappa shape index (κ1) is 13.7. The average Bonchev–Trinajstić information content (AvgIpc) is 2.45. The molecule has 1 N–H and O–H groups in total. The van der Waals surface area contributed by atoms with Crippen molar-refractivity contribution in [3.05, 3.63) is 70.5 Å². The Kier molecular flexibility index (Phi) is 4.05. The van der Waals surface area contributed by atoms with Gasteiger partial charge in [-0.3, -0.25) is 9.59 Å². The van der Waals surface area contributed by atoms with Crippen LogP contribution in [0.1, 0.15) is 10.5 Å². The number of nitrogens with one attached hydrogen (secondary N) is 1. The van der Waals surface area contributed by atoms with Crippen LogP contribution in [0.4, 0.5) is 4.39 Å². The van der Waals surface area contributed by atoms with E-state index in [1.165, 1.54) is 47.4 Å². The highest BCUT2D eigenvalue weighted by atomic mass is 19.1. The highest BCUT2D eigenvalue weighted by Gasteiger charge is 2.10. The number of rotatable bonds is 4. The number of nitrogens with zero attached hydrogens (tertiary/aromatic N) is 2. The number of hydrogen-bond donors (Lipinski definition) is 1. The first-order valence-electron chi connectivity index (χ1n) is 5.86. The second kappa shape index (κ2) is 5.92. The van der Waals surface area contributed by atoms with E-state index in [0.29, 0.717) is 5.69 Å². The van der Waals surface area contributed by atoms with E-state index in [0.717, 1.165) is 0 Å². The van der Waals surface area contributed by atoms with Crippen LogP contribution < -0.4 is 10.7 Å². The predicted molar refractivity (Wildman–Crippen MR) is 72.3 cm³/mol. The van der Waals surface area contributed by atoms with Crippen LogP contribution in [-0.2, 0) is 0 Å². The van der Waals surface area contributed by atoms with Crippen LogP contribution in [0.15, 0.2) is 53.6 Å². The average molecular weight is 273 g/mol. The summed E-state index contributed by atoms with van der Waals surface area (Å²) in [5.74, 6) is -0.943. The van der Waals surface area contributed by atoms with Crippen LogP contribution in [0.5, 0.6) is 0 Å². The predicted octanol–water partition coefficient (Wildman–Crippen LogP) is 1.29. The molecule has 0 atom stereocenters. The lowest BCUT2D eigenvalue weighted by Crippen LogP contribution is -2.19. The standard InChI is InChI=1S/C14H12FN3O2/c1-16-7-5-12(19)14-13(20)6-8-18(17-14)11-4-2-3-10(15)9-11/h2-9,16H,1H3/b7-5+. The van der Waals surface area contributed by atoms with Gasteiger partial charge in [-0.25, -0.2) is 9.07 Å². The zero-order valence-electron chi connectivity index (χ0n) is 10.7. The molecule has 6 heteroatoms. The molecule has 2 rings (SSSR count). The van der Waals surface area contributed by atoms with Gasteiger partial charge < -0.3 is 5.32 Å². The lowest BCUT2D eigenvalue weighted by molar-refractivity contribution is 0.103. The normalized spacial score (nSPS) is 10.7. The monoisotopic (exact) mass is 273 g/mol. The molecular formula is C14H12FN3O2. The zero-order valence-corrected chi connectivity index (χ0v) is 10.7. The summed E-state index contributed by atoms with van der Waals surface area (Å²) in [7, 11) is 1.63. The molecular weight excluding hydrogens is 261 g/mol. The van der Waals surface area contributed by atoms with E-state index in [1.807, 2.05) is 0 Å². The van der Waals surface area contributed by atoms with E-state index in [2.05, 4.69) is 10.4 Å². The highest BCUT2D eigenvalue weighted by Crippen LogP contribution is 2.07. The molecule has 0 aliphatic carbocycles. The summed E-state index contributed by atoms with van der Waals surface area (Å²) >= 11 is 0. The third-order valence-corrected chi connectivity index (χ3v) is 2.52. The van der Waals surface area contributed by atoms with Crippen molar-refractivity contribution in [2.45, 2.75) is 0 Å². The molecule has 0 bridgehead atoms. The zero-order chi connectivity index (χ0) is 14.5. The van der Waals surface area contributed by atoms with Crippen molar-refractivity contribution in [1.82, 2.24) is 15.1 Å². The van der Waals surface area contributed by atoms with Gasteiger partial charge in [0.2, 0.25) is 11.2 Å². The molecule has 0 spiro atoms. The third-order valence-electron chi connectivity index (χ3n) is 2.52. The minimum absolute atomic E-state index is 0.219. The van der Waals surface area contributed by atoms with Crippen molar-refractivity contribution in [2.24, 2.45) is 0 Å². The minimum atomic E-state index is -0.518. The third kappa shape index (κ3) is 2.97. The molecule has 1 aromatic heterocycles. The fraction of sp³-hybridized carbons (Fsp3) is 0.0714. The van der Waals surface area contributed by atoms with E-state index >= 15 is 0 Å². The molecule has 0 saturated carbocycles. The van der Waals surface area contributed by atoms with Crippen LogP contribution in [0.2, 0.25) is 0 Å². The van der Waals surface area contributed by atoms with Crippen LogP contribution in [0.25, 0.3) is 5.69 Å². The molecule has 0 radical (unpaired) electrons. The van der Waals surface area contributed by atoms with Crippen molar-refractivity contribution < 1.29 is 9.18 Å². The van der Waals surface area contributed by atoms with E-state index in [9.17, 15) is 14.0 Å². The number of carbonyl (C=O) groups excluding carboxylic acids is 1. The summed E-state index contributed by atoms with van der Waals surface area (Å²) in [6.45, 7) is 0. The number of allylic oxidation sites excluding steroid dienone is 1. The Labute approximate surface area is 114 Å². The SMILES string of the molecule is CN/C=C/C(=O)c1nn(-c2cccc(F)c2)ccc1=O. The van der Waals surface area contributed by atoms with Crippen molar-refractivity contribution in [3.63, 3.8) is 0 Å². The fourth-order valence-electron chi connectivity index (χ4n) is 1.58. The van der Waals surface area contributed by atoms with Gasteiger partial charge in [0.1, 0.15) is 5.82 Å². The molecule has 0 saturated heterocycles. The van der Waals surface area contributed by atoms with Gasteiger partial charge in [0.25, 0.3) is 0 Å². The van der Waals surface area contributed by atoms with Gasteiger partial charge in [-0.1, -0.05) is 6.07 Å². The van der Waals surface area contributed by atoms with Gasteiger partial charge >= 0.3 is 0 Å². The fourth-order valence-corrected chi connectivity index (χ4v) is 1.58. The molecule has 0 fully saturated rings. The second-order valence-electron chi connectivity index (χ2n) is 3.94. The first-order chi connectivity index (χ1) is 9.61. The maximum atomic E-state index is 13.2. The van der Waals surface area contributed by atoms with Crippen molar-refractivity contribution in [2.75, 3.05) is 7.05 Å². The molecule has 1 heterocycles. The molecule has 0 amide bonds. The van der Waals surface area contributed by atoms with Crippen molar-refractivity contribution >= 4 is 5.78 Å². The second-order valence-corrected chi connectivity index (χ2v) is 3.94. The summed E-state index contributed by atoms with van der Waals surface area (Å²) < 4.78 is 14.5. The highest BCUT2D eigenvalue weighted by molar-refractivity contribution is 6.02. The first-order valence-corrected chi connectivity index (χ1v) is 5.86. The molecule has 0 aliphatic heterocycles. The number of halogens is 1. The molecule has 2 aromatic rings. The number of carbonyl (C=O) groups is 1. The quantitative estimate of drug-likeness (QED) is 0.673. The Morgan fingerprint density at radius 1 is 1.40 bits per heavy atom. The molecule has 1 aromatic carbocycles. The molecule has 0 aliphatic rings. The lowest BCUT2D eigenvalue weighted by Gasteiger charge is -2.06. The Hall–Kier alpha value is -2.76. The van der Waals surface area contributed by atoms with Gasteiger partial charge in [-0.15, -0.1) is 0 Å². The van der Waals surface area contributed by atoms with E-state index < -0.39 is 17.0 Å². The molecule has 5 nitrogen and oxygen atoms in total. The molecule has 0 unspecified atom stereocenters. The number of hydrogen-bond acceptors (Lipinski definition) is 4. The maximum Gasteiger partial charge on any atom is 0.211 e. The van der Waals surface area contributed by atoms with E-state index in [1.54, 1.807) is 13.1 Å². The smallest absolute Gasteiger partial charge is 0.211 e. The largest absolute Gasteiger partial charge is 0.394 e. The van der Waals surface area contributed by atoms with Crippen LogP contribution in [-0.4, -0.2) is 22.6 Å². The number of ketones is 1. The molecule has 102 valence electrons. The topological polar surface area (TPSA) is 64.0 Å². The molecule has 20 heavy (non-hydrogen) atoms. The van der Waals surface area contributed by atoms with Gasteiger partial charge in [0.05, 0.1) is 5.69 Å². The number of aromatic nitrogens is 2. The van der Waals surface area contributed by atoms with Crippen molar-refractivity contribution in [1.29, 1.82) is 0 Å². The Morgan fingerprint density at radius 2 is 2.20 bits per heavy atom. The summed E-state index contributed by atoms with van der Waals surface area (Å²) in [5.41, 5.74) is -0.275. The Morgan fingerprint density at radius 3 is 2.90 bits per heavy atom. The van der Waals surface area contributed by atoms with Gasteiger partial charge in [-0.2, -0.15) is 5.10 Å².